The topological polar surface area (TPSA) is 103 Å². The zero-order valence-electron chi connectivity index (χ0n) is 10.3. The molecule has 0 aliphatic heterocycles. The molecule has 1 N–H and O–H groups in total. The van der Waals surface area contributed by atoms with Crippen LogP contribution in [0.4, 0.5) is 0 Å². The molecule has 0 saturated heterocycles. The van der Waals surface area contributed by atoms with Crippen molar-refractivity contribution in [2.45, 2.75) is 6.92 Å². The van der Waals surface area contributed by atoms with Gasteiger partial charge in [-0.2, -0.15) is 10.5 Å². The van der Waals surface area contributed by atoms with Gasteiger partial charge in [-0.1, -0.05) is 0 Å². The van der Waals surface area contributed by atoms with Crippen molar-refractivity contribution >= 4 is 12.0 Å². The maximum atomic E-state index is 11.1. The fraction of sp³-hybridized carbons (Fsp3) is 0.154. The summed E-state index contributed by atoms with van der Waals surface area (Å²) in [5.41, 5.74) is 0.115. The predicted octanol–water partition coefficient (Wildman–Crippen LogP) is 1.76. The minimum Gasteiger partial charge on any atom is -0.504 e. The average molecular weight is 258 g/mol. The smallest absolute Gasteiger partial charge is 0.308 e. The number of aromatic hydroxyl groups is 1. The number of allylic oxidation sites excluding steroid dienone is 1. The molecule has 0 atom stereocenters. The summed E-state index contributed by atoms with van der Waals surface area (Å²) in [6.45, 7) is 1.19. The molecule has 1 aromatic carbocycles. The van der Waals surface area contributed by atoms with E-state index in [-0.39, 0.29) is 28.4 Å². The van der Waals surface area contributed by atoms with Gasteiger partial charge in [0.15, 0.2) is 11.5 Å². The predicted molar refractivity (Wildman–Crippen MR) is 65.2 cm³/mol. The van der Waals surface area contributed by atoms with Gasteiger partial charge in [-0.15, -0.1) is 0 Å². The second-order valence-electron chi connectivity index (χ2n) is 3.41. The Morgan fingerprint density at radius 1 is 1.32 bits per heavy atom. The maximum Gasteiger partial charge on any atom is 0.308 e. The number of ether oxygens (including phenoxy) is 2. The highest BCUT2D eigenvalue weighted by Crippen LogP contribution is 2.40. The van der Waals surface area contributed by atoms with Crippen LogP contribution < -0.4 is 9.47 Å². The van der Waals surface area contributed by atoms with Crippen LogP contribution in [0.15, 0.2) is 17.7 Å². The van der Waals surface area contributed by atoms with Gasteiger partial charge in [0.2, 0.25) is 5.75 Å². The first-order chi connectivity index (χ1) is 9.03. The van der Waals surface area contributed by atoms with Crippen molar-refractivity contribution < 1.29 is 19.4 Å². The van der Waals surface area contributed by atoms with Crippen LogP contribution in [0.2, 0.25) is 0 Å². The first kappa shape index (κ1) is 14.1. The van der Waals surface area contributed by atoms with Crippen LogP contribution in [0.25, 0.3) is 6.08 Å². The van der Waals surface area contributed by atoms with Crippen molar-refractivity contribution in [2.24, 2.45) is 0 Å². The SMILES string of the molecule is COc1c(O)ccc(C=C(C#N)C#N)c1OC(C)=O. The number of hydrogen-bond acceptors (Lipinski definition) is 6. The number of phenolic OH excluding ortho intramolecular Hbond substituents is 1. The molecule has 0 heterocycles. The van der Waals surface area contributed by atoms with E-state index < -0.39 is 5.97 Å². The molecule has 1 rings (SSSR count). The van der Waals surface area contributed by atoms with E-state index in [4.69, 9.17) is 20.0 Å². The summed E-state index contributed by atoms with van der Waals surface area (Å²) in [7, 11) is 1.30. The average Bonchev–Trinajstić information content (AvgIpc) is 2.38. The molecule has 0 aliphatic rings. The second kappa shape index (κ2) is 6.08. The molecular formula is C13H10N2O4. The Bertz CT molecular complexity index is 605. The Hall–Kier alpha value is -2.99. The van der Waals surface area contributed by atoms with E-state index in [1.165, 1.54) is 32.2 Å². The van der Waals surface area contributed by atoms with Crippen LogP contribution in [0.3, 0.4) is 0 Å². The van der Waals surface area contributed by atoms with Crippen LogP contribution in [0.1, 0.15) is 12.5 Å². The van der Waals surface area contributed by atoms with Gasteiger partial charge in [0.25, 0.3) is 0 Å². The van der Waals surface area contributed by atoms with Crippen molar-refractivity contribution in [1.82, 2.24) is 0 Å². The van der Waals surface area contributed by atoms with Gasteiger partial charge in [0, 0.05) is 12.5 Å². The molecule has 6 heteroatoms. The second-order valence-corrected chi connectivity index (χ2v) is 3.41. The van der Waals surface area contributed by atoms with Crippen molar-refractivity contribution in [3.8, 4) is 29.4 Å². The number of esters is 1. The van der Waals surface area contributed by atoms with Crippen molar-refractivity contribution in [1.29, 1.82) is 10.5 Å². The van der Waals surface area contributed by atoms with Crippen molar-refractivity contribution in [2.75, 3.05) is 7.11 Å². The molecule has 0 spiro atoms. The lowest BCUT2D eigenvalue weighted by molar-refractivity contribution is -0.132. The van der Waals surface area contributed by atoms with Crippen LogP contribution in [-0.2, 0) is 4.79 Å². The van der Waals surface area contributed by atoms with E-state index in [9.17, 15) is 9.90 Å². The van der Waals surface area contributed by atoms with Crippen LogP contribution in [-0.4, -0.2) is 18.2 Å². The largest absolute Gasteiger partial charge is 0.504 e. The van der Waals surface area contributed by atoms with E-state index in [1.54, 1.807) is 12.1 Å². The molecule has 1 aromatic rings. The van der Waals surface area contributed by atoms with E-state index in [0.717, 1.165) is 0 Å². The zero-order chi connectivity index (χ0) is 14.4. The molecule has 96 valence electrons. The quantitative estimate of drug-likeness (QED) is 0.503. The normalized spacial score (nSPS) is 8.84. The summed E-state index contributed by atoms with van der Waals surface area (Å²) in [5, 5.41) is 27.0. The van der Waals surface area contributed by atoms with E-state index in [0.29, 0.717) is 0 Å². The molecule has 0 fully saturated rings. The van der Waals surface area contributed by atoms with Crippen LogP contribution in [0.5, 0.6) is 17.2 Å². The molecule has 0 radical (unpaired) electrons. The van der Waals surface area contributed by atoms with E-state index in [2.05, 4.69) is 0 Å². The third-order valence-electron chi connectivity index (χ3n) is 2.11. The number of carbonyl (C=O) groups is 1. The van der Waals surface area contributed by atoms with Gasteiger partial charge in [-0.25, -0.2) is 0 Å². The van der Waals surface area contributed by atoms with E-state index >= 15 is 0 Å². The Morgan fingerprint density at radius 2 is 1.95 bits per heavy atom. The molecule has 19 heavy (non-hydrogen) atoms. The fourth-order valence-electron chi connectivity index (χ4n) is 1.37. The summed E-state index contributed by atoms with van der Waals surface area (Å²) in [4.78, 5) is 11.1. The van der Waals surface area contributed by atoms with Gasteiger partial charge >= 0.3 is 5.97 Å². The minimum absolute atomic E-state index is 0.0424. The summed E-state index contributed by atoms with van der Waals surface area (Å²) in [6.07, 6.45) is 1.24. The summed E-state index contributed by atoms with van der Waals surface area (Å²) in [6, 6.07) is 6.10. The number of phenols is 1. The number of benzene rings is 1. The molecule has 6 nitrogen and oxygen atoms in total. The van der Waals surface area contributed by atoms with Crippen LogP contribution in [0, 0.1) is 22.7 Å². The standard InChI is InChI=1S/C13H10N2O4/c1-8(16)19-12-10(5-9(6-14)7-15)3-4-11(17)13(12)18-2/h3-5,17H,1-2H3. The Morgan fingerprint density at radius 3 is 2.42 bits per heavy atom. The first-order valence-corrected chi connectivity index (χ1v) is 5.13. The minimum atomic E-state index is -0.617. The van der Waals surface area contributed by atoms with E-state index in [1.807, 2.05) is 0 Å². The van der Waals surface area contributed by atoms with Gasteiger partial charge < -0.3 is 14.6 Å². The monoisotopic (exact) mass is 258 g/mol. The number of rotatable bonds is 3. The molecule has 0 aromatic heterocycles. The molecule has 0 amide bonds. The highest BCUT2D eigenvalue weighted by molar-refractivity contribution is 5.77. The fourth-order valence-corrected chi connectivity index (χ4v) is 1.37. The molecule has 0 bridgehead atoms. The number of nitriles is 2. The summed E-state index contributed by atoms with van der Waals surface area (Å²) < 4.78 is 9.90. The van der Waals surface area contributed by atoms with Gasteiger partial charge in [0.05, 0.1) is 7.11 Å². The number of nitrogens with zero attached hydrogens (tertiary/aromatic N) is 2. The van der Waals surface area contributed by atoms with Gasteiger partial charge in [0.1, 0.15) is 17.7 Å². The third-order valence-corrected chi connectivity index (χ3v) is 2.11. The number of carbonyl (C=O) groups excluding carboxylic acids is 1. The third kappa shape index (κ3) is 3.24. The lowest BCUT2D eigenvalue weighted by Gasteiger charge is -2.12. The Balaban J connectivity index is 3.49. The number of methoxy groups -OCH3 is 1. The first-order valence-electron chi connectivity index (χ1n) is 5.13. The van der Waals surface area contributed by atoms with Crippen LogP contribution >= 0.6 is 0 Å². The Kier molecular flexibility index (Phi) is 4.50. The Labute approximate surface area is 109 Å². The maximum absolute atomic E-state index is 11.1. The lowest BCUT2D eigenvalue weighted by atomic mass is 10.1. The van der Waals surface area contributed by atoms with Crippen molar-refractivity contribution in [3.63, 3.8) is 0 Å². The molecule has 0 aliphatic carbocycles. The molecule has 0 saturated carbocycles. The van der Waals surface area contributed by atoms with Gasteiger partial charge in [-0.3, -0.25) is 4.79 Å². The van der Waals surface area contributed by atoms with Gasteiger partial charge in [-0.05, 0) is 18.2 Å². The molecule has 0 unspecified atom stereocenters. The summed E-state index contributed by atoms with van der Waals surface area (Å²) >= 11 is 0. The molecular weight excluding hydrogens is 248 g/mol. The summed E-state index contributed by atoms with van der Waals surface area (Å²) in [5.74, 6) is -0.919. The lowest BCUT2D eigenvalue weighted by Crippen LogP contribution is -2.04. The zero-order valence-corrected chi connectivity index (χ0v) is 10.3. The van der Waals surface area contributed by atoms with Crippen molar-refractivity contribution in [3.05, 3.63) is 23.3 Å². The highest BCUT2D eigenvalue weighted by Gasteiger charge is 2.16. The highest BCUT2D eigenvalue weighted by atomic mass is 16.6. The number of hydrogen-bond donors (Lipinski definition) is 1.